The van der Waals surface area contributed by atoms with Crippen molar-refractivity contribution in [3.63, 3.8) is 0 Å². The molecule has 0 bridgehead atoms. The van der Waals surface area contributed by atoms with Gasteiger partial charge < -0.3 is 9.47 Å². The van der Waals surface area contributed by atoms with Gasteiger partial charge in [0.15, 0.2) is 5.78 Å². The number of benzene rings is 1. The largest absolute Gasteiger partial charge is 0.457 e. The molecule has 4 rings (SSSR count). The van der Waals surface area contributed by atoms with Gasteiger partial charge in [0.25, 0.3) is 0 Å². The number of ether oxygens (including phenoxy) is 2. The summed E-state index contributed by atoms with van der Waals surface area (Å²) in [5, 5.41) is 0. The summed E-state index contributed by atoms with van der Waals surface area (Å²) in [5.41, 5.74) is 0.994. The molecule has 1 aliphatic carbocycles. The van der Waals surface area contributed by atoms with Crippen molar-refractivity contribution in [1.82, 2.24) is 0 Å². The van der Waals surface area contributed by atoms with E-state index < -0.39 is 23.3 Å². The average Bonchev–Trinajstić information content (AvgIpc) is 3.04. The van der Waals surface area contributed by atoms with E-state index in [4.69, 9.17) is 4.74 Å². The first-order valence-corrected chi connectivity index (χ1v) is 7.43. The fourth-order valence-electron chi connectivity index (χ4n) is 3.23. The number of cyclic esters (lactones) is 3. The van der Waals surface area contributed by atoms with Crippen LogP contribution in [0, 0.1) is 5.41 Å². The second-order valence-electron chi connectivity index (χ2n) is 6.24. The smallest absolute Gasteiger partial charge is 0.342 e. The molecule has 24 heavy (non-hydrogen) atoms. The summed E-state index contributed by atoms with van der Waals surface area (Å²) in [5.74, 6) is -2.04. The molecule has 6 nitrogen and oxygen atoms in total. The van der Waals surface area contributed by atoms with E-state index in [1.165, 1.54) is 18.2 Å². The van der Waals surface area contributed by atoms with Crippen LogP contribution in [0.1, 0.15) is 39.6 Å². The van der Waals surface area contributed by atoms with E-state index in [1.807, 2.05) is 0 Å². The Morgan fingerprint density at radius 3 is 2.71 bits per heavy atom. The number of fused-ring (bicyclic) bond motifs is 2. The first kappa shape index (κ1) is 14.6. The number of hydrogen-bond acceptors (Lipinski definition) is 6. The molecule has 0 N–H and O–H groups in total. The van der Waals surface area contributed by atoms with Crippen molar-refractivity contribution in [1.29, 1.82) is 0 Å². The van der Waals surface area contributed by atoms with Crippen molar-refractivity contribution in [2.45, 2.75) is 20.0 Å². The van der Waals surface area contributed by atoms with Crippen molar-refractivity contribution in [3.8, 4) is 0 Å². The summed E-state index contributed by atoms with van der Waals surface area (Å²) in [6.07, 6.45) is 3.08. The molecule has 1 unspecified atom stereocenters. The number of carbonyl (C=O) groups excluding carboxylic acids is 4. The minimum atomic E-state index is -1.13. The topological polar surface area (TPSA) is 86.7 Å². The molecule has 1 atom stereocenters. The molecule has 0 aromatic heterocycles. The molecule has 3 aliphatic rings. The SMILES string of the molecule is CC12CC(C(=O)c3ccc4c(c3)C(=O)OC4)=CC=C1C(=O)OC2=O. The molecule has 1 saturated heterocycles. The molecule has 120 valence electrons. The van der Waals surface area contributed by atoms with Gasteiger partial charge >= 0.3 is 17.9 Å². The van der Waals surface area contributed by atoms with Crippen LogP contribution in [0.4, 0.5) is 0 Å². The summed E-state index contributed by atoms with van der Waals surface area (Å²) in [6.45, 7) is 1.80. The molecule has 6 heteroatoms. The Morgan fingerprint density at radius 2 is 1.92 bits per heavy atom. The second kappa shape index (κ2) is 4.74. The Kier molecular flexibility index (Phi) is 2.87. The maximum absolute atomic E-state index is 12.7. The van der Waals surface area contributed by atoms with Gasteiger partial charge in [0, 0.05) is 16.7 Å². The van der Waals surface area contributed by atoms with Gasteiger partial charge in [-0.3, -0.25) is 9.59 Å². The van der Waals surface area contributed by atoms with Crippen LogP contribution in [0.15, 0.2) is 41.5 Å². The van der Waals surface area contributed by atoms with E-state index in [2.05, 4.69) is 4.74 Å². The minimum Gasteiger partial charge on any atom is -0.457 e. The summed E-state index contributed by atoms with van der Waals surface area (Å²) in [7, 11) is 0. The Hall–Kier alpha value is -3.02. The fourth-order valence-corrected chi connectivity index (χ4v) is 3.23. The van der Waals surface area contributed by atoms with Crippen molar-refractivity contribution in [2.24, 2.45) is 5.41 Å². The Labute approximate surface area is 136 Å². The lowest BCUT2D eigenvalue weighted by Gasteiger charge is -2.24. The normalized spacial score (nSPS) is 24.6. The van der Waals surface area contributed by atoms with Gasteiger partial charge in [-0.05, 0) is 19.4 Å². The lowest BCUT2D eigenvalue weighted by molar-refractivity contribution is -0.154. The lowest BCUT2D eigenvalue weighted by Crippen LogP contribution is -2.28. The third-order valence-corrected chi connectivity index (χ3v) is 4.69. The highest BCUT2D eigenvalue weighted by molar-refractivity contribution is 6.15. The van der Waals surface area contributed by atoms with Gasteiger partial charge in [0.1, 0.15) is 12.0 Å². The highest BCUT2D eigenvalue weighted by atomic mass is 16.6. The Balaban J connectivity index is 1.70. The summed E-state index contributed by atoms with van der Waals surface area (Å²) in [4.78, 5) is 48.0. The minimum absolute atomic E-state index is 0.0871. The van der Waals surface area contributed by atoms with Gasteiger partial charge in [-0.25, -0.2) is 9.59 Å². The van der Waals surface area contributed by atoms with E-state index in [1.54, 1.807) is 19.1 Å². The standard InChI is InChI=1S/C18H12O6/c1-18-7-10(4-5-13(18)16(21)24-17(18)22)14(19)9-2-3-11-8-23-15(20)12(11)6-9/h2-6H,7-8H2,1H3. The van der Waals surface area contributed by atoms with Crippen molar-refractivity contribution < 1.29 is 28.7 Å². The first-order chi connectivity index (χ1) is 11.4. The number of ketones is 1. The predicted octanol–water partition coefficient (Wildman–Crippen LogP) is 1.89. The van der Waals surface area contributed by atoms with Crippen molar-refractivity contribution in [2.75, 3.05) is 0 Å². The number of allylic oxidation sites excluding steroid dienone is 3. The third kappa shape index (κ3) is 1.89. The molecular weight excluding hydrogens is 312 g/mol. The number of carbonyl (C=O) groups is 4. The number of esters is 3. The number of hydrogen-bond donors (Lipinski definition) is 0. The maximum atomic E-state index is 12.7. The molecule has 1 fully saturated rings. The Morgan fingerprint density at radius 1 is 1.12 bits per heavy atom. The highest BCUT2D eigenvalue weighted by Crippen LogP contribution is 2.44. The molecule has 0 amide bonds. The molecule has 1 aromatic rings. The molecule has 0 saturated carbocycles. The zero-order valence-corrected chi connectivity index (χ0v) is 12.8. The van der Waals surface area contributed by atoms with E-state index >= 15 is 0 Å². The van der Waals surface area contributed by atoms with E-state index in [0.717, 1.165) is 5.56 Å². The van der Waals surface area contributed by atoms with Crippen molar-refractivity contribution in [3.05, 3.63) is 58.2 Å². The zero-order valence-electron chi connectivity index (χ0n) is 12.8. The van der Waals surface area contributed by atoms with Crippen LogP contribution < -0.4 is 0 Å². The second-order valence-corrected chi connectivity index (χ2v) is 6.24. The van der Waals surface area contributed by atoms with Crippen LogP contribution in [0.5, 0.6) is 0 Å². The predicted molar refractivity (Wildman–Crippen MR) is 79.9 cm³/mol. The van der Waals surface area contributed by atoms with Crippen LogP contribution in [0.25, 0.3) is 0 Å². The van der Waals surface area contributed by atoms with Gasteiger partial charge in [0.2, 0.25) is 0 Å². The van der Waals surface area contributed by atoms with Crippen molar-refractivity contribution >= 4 is 23.7 Å². The van der Waals surface area contributed by atoms with Crippen LogP contribution in [0.2, 0.25) is 0 Å². The highest BCUT2D eigenvalue weighted by Gasteiger charge is 2.52. The number of Topliss-reactive ketones (excluding diaryl/α,β-unsaturated/α-hetero) is 1. The fraction of sp³-hybridized carbons (Fsp3) is 0.222. The summed E-state index contributed by atoms with van der Waals surface area (Å²) >= 11 is 0. The van der Waals surface area contributed by atoms with Crippen LogP contribution >= 0.6 is 0 Å². The third-order valence-electron chi connectivity index (χ3n) is 4.69. The van der Waals surface area contributed by atoms with E-state index in [-0.39, 0.29) is 24.4 Å². The van der Waals surface area contributed by atoms with Gasteiger partial charge in [-0.1, -0.05) is 24.3 Å². The van der Waals surface area contributed by atoms with Crippen LogP contribution in [-0.2, 0) is 25.7 Å². The van der Waals surface area contributed by atoms with E-state index in [9.17, 15) is 19.2 Å². The number of rotatable bonds is 2. The van der Waals surface area contributed by atoms with Gasteiger partial charge in [0.05, 0.1) is 11.1 Å². The average molecular weight is 324 g/mol. The Bertz CT molecular complexity index is 904. The molecule has 0 spiro atoms. The zero-order chi connectivity index (χ0) is 17.1. The quantitative estimate of drug-likeness (QED) is 0.469. The monoisotopic (exact) mass is 324 g/mol. The van der Waals surface area contributed by atoms with Crippen LogP contribution in [-0.4, -0.2) is 23.7 Å². The summed E-state index contributed by atoms with van der Waals surface area (Å²) in [6, 6.07) is 4.82. The first-order valence-electron chi connectivity index (χ1n) is 7.43. The van der Waals surface area contributed by atoms with Gasteiger partial charge in [-0.2, -0.15) is 0 Å². The lowest BCUT2D eigenvalue weighted by atomic mass is 9.74. The van der Waals surface area contributed by atoms with E-state index in [0.29, 0.717) is 16.7 Å². The van der Waals surface area contributed by atoms with Crippen LogP contribution in [0.3, 0.4) is 0 Å². The molecular formula is C18H12O6. The molecule has 1 aromatic carbocycles. The maximum Gasteiger partial charge on any atom is 0.342 e. The molecule has 2 heterocycles. The summed E-state index contributed by atoms with van der Waals surface area (Å²) < 4.78 is 9.60. The van der Waals surface area contributed by atoms with Gasteiger partial charge in [-0.15, -0.1) is 0 Å². The molecule has 2 aliphatic heterocycles. The molecule has 0 radical (unpaired) electrons.